The molecule has 7 nitrogen and oxygen atoms in total. The first kappa shape index (κ1) is 24.2. The number of hydrogen-bond donors (Lipinski definition) is 0. The number of hydrogen-bond acceptors (Lipinski definition) is 6. The van der Waals surface area contributed by atoms with Crippen molar-refractivity contribution in [1.29, 1.82) is 0 Å². The van der Waals surface area contributed by atoms with Crippen molar-refractivity contribution in [3.63, 3.8) is 0 Å². The summed E-state index contributed by atoms with van der Waals surface area (Å²) in [7, 11) is 0. The molecular formula is C30H25NO6. The average Bonchev–Trinajstić information content (AvgIpc) is 3.14. The van der Waals surface area contributed by atoms with Crippen molar-refractivity contribution in [3.8, 4) is 17.1 Å². The van der Waals surface area contributed by atoms with Gasteiger partial charge in [0.05, 0.1) is 16.5 Å². The molecule has 0 unspecified atom stereocenters. The van der Waals surface area contributed by atoms with Crippen molar-refractivity contribution in [2.24, 2.45) is 0 Å². The van der Waals surface area contributed by atoms with E-state index in [-0.39, 0.29) is 33.4 Å². The topological polar surface area (TPSA) is 93.9 Å². The van der Waals surface area contributed by atoms with E-state index >= 15 is 0 Å². The Hall–Kier alpha value is -4.52. The molecule has 7 heteroatoms. The Kier molecular flexibility index (Phi) is 5.79. The van der Waals surface area contributed by atoms with Crippen LogP contribution in [0.25, 0.3) is 22.3 Å². The highest BCUT2D eigenvalue weighted by molar-refractivity contribution is 6.22. The fraction of sp³-hybridized carbons (Fsp3) is 0.200. The van der Waals surface area contributed by atoms with Gasteiger partial charge >= 0.3 is 5.97 Å². The molecular weight excluding hydrogens is 470 g/mol. The Morgan fingerprint density at radius 3 is 2.00 bits per heavy atom. The molecule has 1 aliphatic rings. The van der Waals surface area contributed by atoms with Crippen molar-refractivity contribution < 1.29 is 23.5 Å². The predicted octanol–water partition coefficient (Wildman–Crippen LogP) is 5.35. The first-order valence-corrected chi connectivity index (χ1v) is 11.9. The van der Waals surface area contributed by atoms with Crippen molar-refractivity contribution in [2.45, 2.75) is 39.2 Å². The van der Waals surface area contributed by atoms with Crippen LogP contribution in [0.3, 0.4) is 0 Å². The molecule has 0 fully saturated rings. The van der Waals surface area contributed by atoms with Gasteiger partial charge in [-0.1, -0.05) is 69.3 Å². The van der Waals surface area contributed by atoms with E-state index in [0.29, 0.717) is 11.1 Å². The van der Waals surface area contributed by atoms with E-state index in [2.05, 4.69) is 20.8 Å². The normalized spacial score (nSPS) is 14.1. The van der Waals surface area contributed by atoms with Gasteiger partial charge in [-0.15, -0.1) is 0 Å². The number of para-hydroxylation sites is 1. The molecule has 0 aliphatic carbocycles. The smallest absolute Gasteiger partial charge is 0.334 e. The summed E-state index contributed by atoms with van der Waals surface area (Å²) in [4.78, 5) is 53.3. The third-order valence-electron chi connectivity index (χ3n) is 6.53. The zero-order valence-corrected chi connectivity index (χ0v) is 20.9. The van der Waals surface area contributed by atoms with Crippen LogP contribution in [0.2, 0.25) is 0 Å². The summed E-state index contributed by atoms with van der Waals surface area (Å²) in [6.07, 6.45) is 0. The average molecular weight is 496 g/mol. The van der Waals surface area contributed by atoms with E-state index in [1.165, 1.54) is 19.1 Å². The second kappa shape index (κ2) is 8.85. The van der Waals surface area contributed by atoms with Crippen molar-refractivity contribution in [1.82, 2.24) is 4.90 Å². The maximum Gasteiger partial charge on any atom is 0.334 e. The molecule has 0 saturated heterocycles. The van der Waals surface area contributed by atoms with Crippen LogP contribution in [-0.2, 0) is 10.2 Å². The number of rotatable bonds is 4. The molecule has 3 aromatic carbocycles. The lowest BCUT2D eigenvalue weighted by molar-refractivity contribution is -0.138. The molecule has 37 heavy (non-hydrogen) atoms. The molecule has 1 atom stereocenters. The standard InChI is InChI=1S/C30H25NO6/c1-17(31-27(33)20-9-5-6-10-21(20)28(31)34)29(35)37-26-24(32)22-11-7-8-12-23(22)36-25(26)18-13-15-19(16-14-18)30(2,3)4/h5-17H,1-4H3/t17-/m1/s1. The molecule has 186 valence electrons. The van der Waals surface area contributed by atoms with E-state index in [9.17, 15) is 19.2 Å². The van der Waals surface area contributed by atoms with Crippen molar-refractivity contribution >= 4 is 28.8 Å². The fourth-order valence-corrected chi connectivity index (χ4v) is 4.38. The number of imide groups is 1. The van der Waals surface area contributed by atoms with Crippen LogP contribution >= 0.6 is 0 Å². The zero-order chi connectivity index (χ0) is 26.5. The van der Waals surface area contributed by atoms with Gasteiger partial charge in [0.2, 0.25) is 11.2 Å². The van der Waals surface area contributed by atoms with Crippen molar-refractivity contribution in [3.05, 3.63) is 99.7 Å². The fourth-order valence-electron chi connectivity index (χ4n) is 4.38. The van der Waals surface area contributed by atoms with Crippen molar-refractivity contribution in [2.75, 3.05) is 0 Å². The maximum atomic E-state index is 13.5. The highest BCUT2D eigenvalue weighted by atomic mass is 16.5. The number of benzene rings is 3. The molecule has 2 heterocycles. The molecule has 0 saturated carbocycles. The first-order valence-electron chi connectivity index (χ1n) is 11.9. The number of ether oxygens (including phenoxy) is 1. The second-order valence-corrected chi connectivity index (χ2v) is 10.0. The van der Waals surface area contributed by atoms with Gasteiger partial charge in [0.25, 0.3) is 11.8 Å². The Bertz CT molecular complexity index is 1590. The largest absolute Gasteiger partial charge is 0.452 e. The van der Waals surface area contributed by atoms with Gasteiger partial charge in [-0.05, 0) is 42.2 Å². The molecule has 0 bridgehead atoms. The summed E-state index contributed by atoms with van der Waals surface area (Å²) in [5.74, 6) is -2.31. The monoisotopic (exact) mass is 495 g/mol. The zero-order valence-electron chi connectivity index (χ0n) is 20.9. The maximum absolute atomic E-state index is 13.5. The van der Waals surface area contributed by atoms with E-state index in [4.69, 9.17) is 9.15 Å². The van der Waals surface area contributed by atoms with Crippen LogP contribution < -0.4 is 10.2 Å². The van der Waals surface area contributed by atoms with Gasteiger partial charge in [0.1, 0.15) is 11.6 Å². The lowest BCUT2D eigenvalue weighted by Gasteiger charge is -2.21. The Morgan fingerprint density at radius 1 is 0.838 bits per heavy atom. The second-order valence-electron chi connectivity index (χ2n) is 10.0. The van der Waals surface area contributed by atoms with E-state index in [1.807, 2.05) is 12.1 Å². The van der Waals surface area contributed by atoms with Gasteiger partial charge in [0, 0.05) is 5.56 Å². The van der Waals surface area contributed by atoms with Gasteiger partial charge in [-0.3, -0.25) is 19.3 Å². The van der Waals surface area contributed by atoms with Crippen LogP contribution in [-0.4, -0.2) is 28.7 Å². The van der Waals surface area contributed by atoms with Crippen LogP contribution in [0.15, 0.2) is 82.0 Å². The summed E-state index contributed by atoms with van der Waals surface area (Å²) < 4.78 is 11.7. The lowest BCUT2D eigenvalue weighted by atomic mass is 9.86. The predicted molar refractivity (Wildman–Crippen MR) is 139 cm³/mol. The van der Waals surface area contributed by atoms with Gasteiger partial charge in [-0.25, -0.2) is 4.79 Å². The molecule has 1 aromatic heterocycles. The summed E-state index contributed by atoms with van der Waals surface area (Å²) in [6, 6.07) is 19.2. The SMILES string of the molecule is C[C@H](C(=O)Oc1c(-c2ccc(C(C)(C)C)cc2)oc2ccccc2c1=O)N1C(=O)c2ccccc2C1=O. The molecule has 5 rings (SSSR count). The quantitative estimate of drug-likeness (QED) is 0.280. The van der Waals surface area contributed by atoms with Gasteiger partial charge in [-0.2, -0.15) is 0 Å². The molecule has 0 spiro atoms. The first-order chi connectivity index (χ1) is 17.6. The molecule has 0 radical (unpaired) electrons. The molecule has 2 amide bonds. The number of esters is 1. The highest BCUT2D eigenvalue weighted by Gasteiger charge is 2.41. The van der Waals surface area contributed by atoms with E-state index in [1.54, 1.807) is 48.5 Å². The van der Waals surface area contributed by atoms with Crippen LogP contribution in [0.1, 0.15) is 54.0 Å². The molecule has 4 aromatic rings. The number of amides is 2. The third-order valence-corrected chi connectivity index (χ3v) is 6.53. The molecule has 0 N–H and O–H groups in total. The number of carbonyl (C=O) groups is 3. The summed E-state index contributed by atoms with van der Waals surface area (Å²) >= 11 is 0. The van der Waals surface area contributed by atoms with Gasteiger partial charge < -0.3 is 9.15 Å². The Balaban J connectivity index is 1.55. The summed E-state index contributed by atoms with van der Waals surface area (Å²) in [6.45, 7) is 7.66. The van der Waals surface area contributed by atoms with E-state index < -0.39 is 29.3 Å². The molecule has 1 aliphatic heterocycles. The minimum Gasteiger partial charge on any atom is -0.452 e. The minimum atomic E-state index is -1.27. The van der Waals surface area contributed by atoms with E-state index in [0.717, 1.165) is 10.5 Å². The Morgan fingerprint density at radius 2 is 1.41 bits per heavy atom. The third kappa shape index (κ3) is 4.12. The van der Waals surface area contributed by atoms with Crippen LogP contribution in [0.5, 0.6) is 5.75 Å². The summed E-state index contributed by atoms with van der Waals surface area (Å²) in [5.41, 5.74) is 1.80. The highest BCUT2D eigenvalue weighted by Crippen LogP contribution is 2.33. The van der Waals surface area contributed by atoms with Gasteiger partial charge in [0.15, 0.2) is 5.76 Å². The number of carbonyl (C=O) groups excluding carboxylic acids is 3. The minimum absolute atomic E-state index is 0.0835. The van der Waals surface area contributed by atoms with Crippen LogP contribution in [0, 0.1) is 0 Å². The lowest BCUT2D eigenvalue weighted by Crippen LogP contribution is -2.45. The Labute approximate surface area is 213 Å². The van der Waals surface area contributed by atoms with Crippen LogP contribution in [0.4, 0.5) is 0 Å². The summed E-state index contributed by atoms with van der Waals surface area (Å²) in [5, 5.41) is 0.244. The number of nitrogens with zero attached hydrogens (tertiary/aromatic N) is 1. The number of fused-ring (bicyclic) bond motifs is 2.